The third-order valence-electron chi connectivity index (χ3n) is 4.34. The Bertz CT molecular complexity index is 307. The van der Waals surface area contributed by atoms with Crippen molar-refractivity contribution in [3.05, 3.63) is 0 Å². The van der Waals surface area contributed by atoms with Crippen LogP contribution in [-0.2, 0) is 4.79 Å². The van der Waals surface area contributed by atoms with Crippen molar-refractivity contribution in [2.24, 2.45) is 10.8 Å². The van der Waals surface area contributed by atoms with Crippen LogP contribution in [0.2, 0.25) is 0 Å². The molecule has 0 aromatic heterocycles. The SMILES string of the molecule is CCC(C#N)(CC)C(=O)NCC1(C)CCCC1. The lowest BCUT2D eigenvalue weighted by Gasteiger charge is -2.28. The zero-order valence-corrected chi connectivity index (χ0v) is 11.3. The van der Waals surface area contributed by atoms with E-state index in [0.717, 1.165) is 6.54 Å². The highest BCUT2D eigenvalue weighted by Gasteiger charge is 2.36. The number of carbonyl (C=O) groups excluding carboxylic acids is 1. The molecule has 0 unspecified atom stereocenters. The van der Waals surface area contributed by atoms with Gasteiger partial charge >= 0.3 is 0 Å². The Morgan fingerprint density at radius 1 is 1.35 bits per heavy atom. The molecule has 0 radical (unpaired) electrons. The number of nitrogens with zero attached hydrogens (tertiary/aromatic N) is 1. The molecule has 0 atom stereocenters. The molecule has 0 aromatic rings. The first kappa shape index (κ1) is 14.0. The molecule has 3 heteroatoms. The molecular weight excluding hydrogens is 212 g/mol. The molecule has 1 amide bonds. The topological polar surface area (TPSA) is 52.9 Å². The molecule has 1 aliphatic rings. The quantitative estimate of drug-likeness (QED) is 0.797. The zero-order valence-electron chi connectivity index (χ0n) is 11.3. The van der Waals surface area contributed by atoms with Crippen LogP contribution in [0.5, 0.6) is 0 Å². The van der Waals surface area contributed by atoms with Gasteiger partial charge in [-0.1, -0.05) is 33.6 Å². The maximum absolute atomic E-state index is 12.1. The van der Waals surface area contributed by atoms with Gasteiger partial charge in [-0.15, -0.1) is 0 Å². The number of amides is 1. The summed E-state index contributed by atoms with van der Waals surface area (Å²) < 4.78 is 0. The van der Waals surface area contributed by atoms with Crippen molar-refractivity contribution in [3.63, 3.8) is 0 Å². The average Bonchev–Trinajstić information content (AvgIpc) is 2.77. The molecule has 0 aromatic carbocycles. The Hall–Kier alpha value is -1.04. The first-order valence-corrected chi connectivity index (χ1v) is 6.71. The maximum Gasteiger partial charge on any atom is 0.240 e. The summed E-state index contributed by atoms with van der Waals surface area (Å²) in [7, 11) is 0. The van der Waals surface area contributed by atoms with Gasteiger partial charge in [0.1, 0.15) is 5.41 Å². The van der Waals surface area contributed by atoms with Crippen LogP contribution < -0.4 is 5.32 Å². The third-order valence-corrected chi connectivity index (χ3v) is 4.34. The first-order valence-electron chi connectivity index (χ1n) is 6.71. The van der Waals surface area contributed by atoms with Crippen LogP contribution in [0.3, 0.4) is 0 Å². The summed E-state index contributed by atoms with van der Waals surface area (Å²) in [4.78, 5) is 12.1. The Labute approximate surface area is 105 Å². The molecule has 0 heterocycles. The van der Waals surface area contributed by atoms with Crippen LogP contribution in [0, 0.1) is 22.2 Å². The molecule has 1 saturated carbocycles. The van der Waals surface area contributed by atoms with Gasteiger partial charge in [0.15, 0.2) is 0 Å². The maximum atomic E-state index is 12.1. The molecule has 1 N–H and O–H groups in total. The lowest BCUT2D eigenvalue weighted by Crippen LogP contribution is -2.43. The number of hydrogen-bond acceptors (Lipinski definition) is 2. The van der Waals surface area contributed by atoms with Crippen LogP contribution in [0.4, 0.5) is 0 Å². The van der Waals surface area contributed by atoms with Crippen LogP contribution in [0.1, 0.15) is 59.3 Å². The van der Waals surface area contributed by atoms with E-state index in [4.69, 9.17) is 0 Å². The van der Waals surface area contributed by atoms with Gasteiger partial charge in [-0.25, -0.2) is 0 Å². The Morgan fingerprint density at radius 3 is 2.29 bits per heavy atom. The number of carbonyl (C=O) groups is 1. The number of rotatable bonds is 5. The first-order chi connectivity index (χ1) is 8.02. The molecule has 1 fully saturated rings. The third kappa shape index (κ3) is 3.00. The van der Waals surface area contributed by atoms with Crippen LogP contribution in [0.15, 0.2) is 0 Å². The monoisotopic (exact) mass is 236 g/mol. The highest BCUT2D eigenvalue weighted by molar-refractivity contribution is 5.85. The van der Waals surface area contributed by atoms with Crippen molar-refractivity contribution in [2.75, 3.05) is 6.54 Å². The number of hydrogen-bond donors (Lipinski definition) is 1. The number of nitrogens with one attached hydrogen (secondary N) is 1. The molecular formula is C14H24N2O. The minimum Gasteiger partial charge on any atom is -0.354 e. The second kappa shape index (κ2) is 5.53. The molecule has 0 bridgehead atoms. The van der Waals surface area contributed by atoms with Crippen molar-refractivity contribution < 1.29 is 4.79 Å². The van der Waals surface area contributed by atoms with Crippen LogP contribution >= 0.6 is 0 Å². The fourth-order valence-electron chi connectivity index (χ4n) is 2.65. The summed E-state index contributed by atoms with van der Waals surface area (Å²) in [6.07, 6.45) is 6.07. The van der Waals surface area contributed by atoms with E-state index in [1.807, 2.05) is 13.8 Å². The Morgan fingerprint density at radius 2 is 1.88 bits per heavy atom. The van der Waals surface area contributed by atoms with Gasteiger partial charge in [0.25, 0.3) is 0 Å². The highest BCUT2D eigenvalue weighted by atomic mass is 16.2. The lowest BCUT2D eigenvalue weighted by atomic mass is 9.82. The fourth-order valence-corrected chi connectivity index (χ4v) is 2.65. The molecule has 0 saturated heterocycles. The Balaban J connectivity index is 2.57. The normalized spacial score (nSPS) is 18.7. The lowest BCUT2D eigenvalue weighted by molar-refractivity contribution is -0.129. The van der Waals surface area contributed by atoms with Crippen LogP contribution in [-0.4, -0.2) is 12.5 Å². The minimum atomic E-state index is -0.824. The van der Waals surface area contributed by atoms with Crippen LogP contribution in [0.25, 0.3) is 0 Å². The summed E-state index contributed by atoms with van der Waals surface area (Å²) in [5, 5.41) is 12.2. The summed E-state index contributed by atoms with van der Waals surface area (Å²) in [5.74, 6) is -0.0851. The van der Waals surface area contributed by atoms with Gasteiger partial charge in [-0.2, -0.15) is 5.26 Å². The molecule has 0 aliphatic heterocycles. The molecule has 1 aliphatic carbocycles. The summed E-state index contributed by atoms with van der Waals surface area (Å²) in [6.45, 7) is 6.76. The van der Waals surface area contributed by atoms with Gasteiger partial charge in [-0.05, 0) is 31.1 Å². The smallest absolute Gasteiger partial charge is 0.240 e. The minimum absolute atomic E-state index is 0.0851. The average molecular weight is 236 g/mol. The number of nitriles is 1. The van der Waals surface area contributed by atoms with Crippen molar-refractivity contribution in [2.45, 2.75) is 59.3 Å². The van der Waals surface area contributed by atoms with E-state index in [0.29, 0.717) is 12.8 Å². The van der Waals surface area contributed by atoms with E-state index < -0.39 is 5.41 Å². The van der Waals surface area contributed by atoms with Gasteiger partial charge in [0.2, 0.25) is 5.91 Å². The van der Waals surface area contributed by atoms with Crippen molar-refractivity contribution >= 4 is 5.91 Å². The van der Waals surface area contributed by atoms with Gasteiger partial charge in [-0.3, -0.25) is 4.79 Å². The fraction of sp³-hybridized carbons (Fsp3) is 0.857. The second-order valence-corrected chi connectivity index (χ2v) is 5.60. The van der Waals surface area contributed by atoms with Gasteiger partial charge < -0.3 is 5.32 Å². The molecule has 17 heavy (non-hydrogen) atoms. The van der Waals surface area contributed by atoms with Crippen molar-refractivity contribution in [3.8, 4) is 6.07 Å². The molecule has 96 valence electrons. The van der Waals surface area contributed by atoms with Gasteiger partial charge in [0.05, 0.1) is 6.07 Å². The summed E-state index contributed by atoms with van der Waals surface area (Å²) in [6, 6.07) is 2.19. The highest BCUT2D eigenvalue weighted by Crippen LogP contribution is 2.37. The summed E-state index contributed by atoms with van der Waals surface area (Å²) >= 11 is 0. The zero-order chi connectivity index (χ0) is 12.9. The van der Waals surface area contributed by atoms with E-state index in [-0.39, 0.29) is 11.3 Å². The standard InChI is InChI=1S/C14H24N2O/c1-4-14(5-2,10-15)12(17)16-11-13(3)8-6-7-9-13/h4-9,11H2,1-3H3,(H,16,17). The predicted octanol–water partition coefficient (Wildman–Crippen LogP) is 3.01. The largest absolute Gasteiger partial charge is 0.354 e. The predicted molar refractivity (Wildman–Crippen MR) is 68.2 cm³/mol. The second-order valence-electron chi connectivity index (χ2n) is 5.60. The van der Waals surface area contributed by atoms with E-state index in [1.165, 1.54) is 25.7 Å². The Kier molecular flexibility index (Phi) is 4.56. The molecule has 3 nitrogen and oxygen atoms in total. The van der Waals surface area contributed by atoms with E-state index >= 15 is 0 Å². The van der Waals surface area contributed by atoms with E-state index in [2.05, 4.69) is 18.3 Å². The van der Waals surface area contributed by atoms with E-state index in [1.54, 1.807) is 0 Å². The molecule has 1 rings (SSSR count). The van der Waals surface area contributed by atoms with Crippen molar-refractivity contribution in [1.82, 2.24) is 5.32 Å². The molecule has 0 spiro atoms. The van der Waals surface area contributed by atoms with Gasteiger partial charge in [0, 0.05) is 6.54 Å². The van der Waals surface area contributed by atoms with E-state index in [9.17, 15) is 10.1 Å². The van der Waals surface area contributed by atoms with Crippen molar-refractivity contribution in [1.29, 1.82) is 5.26 Å². The summed E-state index contributed by atoms with van der Waals surface area (Å²) in [5.41, 5.74) is -0.576.